The fraction of sp³-hybridized carbons (Fsp3) is 0.529. The molecular weight excluding hydrogens is 377 g/mol. The van der Waals surface area contributed by atoms with Crippen molar-refractivity contribution in [2.24, 2.45) is 0 Å². The fourth-order valence-electron chi connectivity index (χ4n) is 3.05. The second-order valence-electron chi connectivity index (χ2n) is 5.82. The topological polar surface area (TPSA) is 12.0 Å². The molecule has 1 aromatic carbocycles. The summed E-state index contributed by atoms with van der Waals surface area (Å²) >= 11 is 4.10. The summed E-state index contributed by atoms with van der Waals surface area (Å²) in [6.45, 7) is 1.09. The first-order valence-corrected chi connectivity index (χ1v) is 10.2. The number of fused-ring (bicyclic) bond motifs is 1. The van der Waals surface area contributed by atoms with Gasteiger partial charge >= 0.3 is 136 Å². The van der Waals surface area contributed by atoms with Crippen molar-refractivity contribution < 1.29 is 0 Å². The molecule has 0 saturated heterocycles. The zero-order chi connectivity index (χ0) is 13.8. The van der Waals surface area contributed by atoms with Gasteiger partial charge in [0.2, 0.25) is 0 Å². The van der Waals surface area contributed by atoms with Crippen LogP contribution < -0.4 is 5.32 Å². The summed E-state index contributed by atoms with van der Waals surface area (Å²) in [6.07, 6.45) is 9.89. The van der Waals surface area contributed by atoms with Crippen molar-refractivity contribution in [3.8, 4) is 0 Å². The quantitative estimate of drug-likeness (QED) is 0.727. The van der Waals surface area contributed by atoms with E-state index < -0.39 is 0 Å². The van der Waals surface area contributed by atoms with Crippen LogP contribution in [0.15, 0.2) is 28.7 Å². The van der Waals surface area contributed by atoms with E-state index in [0.29, 0.717) is 14.5 Å². The monoisotopic (exact) mass is 399 g/mol. The average Bonchev–Trinajstić information content (AvgIpc) is 2.79. The van der Waals surface area contributed by atoms with Gasteiger partial charge in [-0.15, -0.1) is 0 Å². The maximum atomic E-state index is 3.82. The predicted octanol–water partition coefficient (Wildman–Crippen LogP) is 4.86. The Hall–Kier alpha value is -0.0805. The molecular formula is C17H22BrNSe. The van der Waals surface area contributed by atoms with Crippen molar-refractivity contribution in [2.45, 2.75) is 57.5 Å². The zero-order valence-electron chi connectivity index (χ0n) is 11.8. The summed E-state index contributed by atoms with van der Waals surface area (Å²) in [6, 6.07) is 9.83. The third kappa shape index (κ3) is 3.98. The molecule has 3 heteroatoms. The molecule has 0 spiro atoms. The Labute approximate surface area is 136 Å². The van der Waals surface area contributed by atoms with E-state index >= 15 is 0 Å². The summed E-state index contributed by atoms with van der Waals surface area (Å²) in [4.78, 5) is 0. The van der Waals surface area contributed by atoms with Crippen LogP contribution in [0.4, 0.5) is 0 Å². The Bertz CT molecular complexity index is 555. The number of nitrogens with one attached hydrogen (secondary N) is 1. The van der Waals surface area contributed by atoms with Gasteiger partial charge in [0.1, 0.15) is 0 Å². The van der Waals surface area contributed by atoms with E-state index in [9.17, 15) is 0 Å². The van der Waals surface area contributed by atoms with Gasteiger partial charge in [-0.2, -0.15) is 0 Å². The second kappa shape index (κ2) is 7.26. The molecule has 1 nitrogen and oxygen atoms in total. The first-order chi connectivity index (χ1) is 9.81. The summed E-state index contributed by atoms with van der Waals surface area (Å²) in [5.74, 6) is 0. The number of halogens is 1. The molecule has 1 aliphatic rings. The van der Waals surface area contributed by atoms with Gasteiger partial charge in [-0.1, -0.05) is 0 Å². The van der Waals surface area contributed by atoms with E-state index in [4.69, 9.17) is 0 Å². The SMILES string of the molecule is Brc1ccc2cc(CNC3CCCCCCC3)[se]c2c1. The number of hydrogen-bond acceptors (Lipinski definition) is 1. The molecule has 1 heterocycles. The number of rotatable bonds is 3. The van der Waals surface area contributed by atoms with Crippen LogP contribution in [0, 0.1) is 0 Å². The molecule has 108 valence electrons. The molecule has 1 N–H and O–H groups in total. The van der Waals surface area contributed by atoms with Gasteiger partial charge in [0.25, 0.3) is 0 Å². The molecule has 0 amide bonds. The van der Waals surface area contributed by atoms with E-state index in [-0.39, 0.29) is 0 Å². The summed E-state index contributed by atoms with van der Waals surface area (Å²) < 4.78 is 4.34. The van der Waals surface area contributed by atoms with Crippen LogP contribution in [0.1, 0.15) is 49.4 Å². The molecule has 0 unspecified atom stereocenters. The van der Waals surface area contributed by atoms with Crippen LogP contribution in [0.25, 0.3) is 9.65 Å². The standard InChI is InChI=1S/C17H22BrNSe/c18-14-9-8-13-10-16(20-17(13)11-14)12-19-15-6-4-2-1-3-5-7-15/h8-11,15,19H,1-7,12H2. The molecule has 1 aliphatic carbocycles. The van der Waals surface area contributed by atoms with Gasteiger partial charge < -0.3 is 0 Å². The van der Waals surface area contributed by atoms with Gasteiger partial charge in [-0.05, 0) is 0 Å². The number of hydrogen-bond donors (Lipinski definition) is 1. The Morgan fingerprint density at radius 1 is 1.05 bits per heavy atom. The zero-order valence-corrected chi connectivity index (χ0v) is 15.1. The average molecular weight is 399 g/mol. The van der Waals surface area contributed by atoms with Crippen LogP contribution >= 0.6 is 15.9 Å². The van der Waals surface area contributed by atoms with Crippen LogP contribution in [-0.2, 0) is 6.54 Å². The normalized spacial score (nSPS) is 18.1. The van der Waals surface area contributed by atoms with E-state index in [1.165, 1.54) is 59.1 Å². The van der Waals surface area contributed by atoms with E-state index in [1.807, 2.05) is 0 Å². The van der Waals surface area contributed by atoms with Crippen molar-refractivity contribution in [1.82, 2.24) is 5.32 Å². The molecule has 3 rings (SSSR count). The first-order valence-electron chi connectivity index (χ1n) is 7.72. The predicted molar refractivity (Wildman–Crippen MR) is 91.5 cm³/mol. The minimum absolute atomic E-state index is 0.522. The molecule has 0 bridgehead atoms. The Morgan fingerprint density at radius 2 is 1.80 bits per heavy atom. The van der Waals surface area contributed by atoms with E-state index in [1.54, 1.807) is 4.44 Å². The summed E-state index contributed by atoms with van der Waals surface area (Å²) in [5, 5.41) is 5.25. The van der Waals surface area contributed by atoms with Crippen molar-refractivity contribution in [3.05, 3.63) is 33.2 Å². The van der Waals surface area contributed by atoms with E-state index in [0.717, 1.165) is 12.6 Å². The van der Waals surface area contributed by atoms with Crippen LogP contribution in [0.5, 0.6) is 0 Å². The second-order valence-corrected chi connectivity index (χ2v) is 9.18. The van der Waals surface area contributed by atoms with Gasteiger partial charge in [0, 0.05) is 0 Å². The Kier molecular flexibility index (Phi) is 5.39. The Morgan fingerprint density at radius 3 is 2.60 bits per heavy atom. The Balaban J connectivity index is 1.60. The van der Waals surface area contributed by atoms with Crippen LogP contribution in [0.3, 0.4) is 0 Å². The number of benzene rings is 1. The van der Waals surface area contributed by atoms with Crippen molar-refractivity contribution in [1.29, 1.82) is 0 Å². The van der Waals surface area contributed by atoms with Crippen molar-refractivity contribution >= 4 is 40.1 Å². The molecule has 0 aliphatic heterocycles. The molecule has 2 aromatic rings. The van der Waals surface area contributed by atoms with Crippen LogP contribution in [-0.4, -0.2) is 20.5 Å². The van der Waals surface area contributed by atoms with Crippen molar-refractivity contribution in [2.75, 3.05) is 0 Å². The van der Waals surface area contributed by atoms with Gasteiger partial charge in [0.15, 0.2) is 0 Å². The molecule has 0 atom stereocenters. The van der Waals surface area contributed by atoms with Crippen LogP contribution in [0.2, 0.25) is 0 Å². The van der Waals surface area contributed by atoms with Gasteiger partial charge in [-0.25, -0.2) is 0 Å². The summed E-state index contributed by atoms with van der Waals surface area (Å²) in [5.41, 5.74) is 0. The minimum atomic E-state index is 0.522. The van der Waals surface area contributed by atoms with Crippen molar-refractivity contribution in [3.63, 3.8) is 0 Å². The van der Waals surface area contributed by atoms with Gasteiger partial charge in [-0.3, -0.25) is 0 Å². The third-order valence-electron chi connectivity index (χ3n) is 4.20. The maximum absolute atomic E-state index is 3.82. The third-order valence-corrected chi connectivity index (χ3v) is 7.00. The van der Waals surface area contributed by atoms with E-state index in [2.05, 4.69) is 45.5 Å². The summed E-state index contributed by atoms with van der Waals surface area (Å²) in [7, 11) is 0. The molecule has 1 fully saturated rings. The molecule has 1 saturated carbocycles. The van der Waals surface area contributed by atoms with Gasteiger partial charge in [0.05, 0.1) is 0 Å². The molecule has 20 heavy (non-hydrogen) atoms. The fourth-order valence-corrected chi connectivity index (χ4v) is 5.97. The molecule has 1 aromatic heterocycles. The first kappa shape index (κ1) is 14.8. The molecule has 0 radical (unpaired) electrons.